The van der Waals surface area contributed by atoms with Gasteiger partial charge in [-0.3, -0.25) is 30.4 Å². The van der Waals surface area contributed by atoms with Crippen molar-refractivity contribution in [2.45, 2.75) is 6.92 Å². The van der Waals surface area contributed by atoms with Gasteiger partial charge in [0.1, 0.15) is 5.69 Å². The summed E-state index contributed by atoms with van der Waals surface area (Å²) in [5, 5.41) is 23.2. The topological polar surface area (TPSA) is 119 Å². The van der Waals surface area contributed by atoms with Gasteiger partial charge in [0.05, 0.1) is 20.8 Å². The van der Waals surface area contributed by atoms with Crippen LogP contribution >= 0.6 is 24.0 Å². The molecule has 9 nitrogen and oxygen atoms in total. The van der Waals surface area contributed by atoms with Gasteiger partial charge >= 0.3 is 5.69 Å². The van der Waals surface area contributed by atoms with Crippen molar-refractivity contribution >= 4 is 57.3 Å². The summed E-state index contributed by atoms with van der Waals surface area (Å²) in [6, 6.07) is 12.7. The summed E-state index contributed by atoms with van der Waals surface area (Å²) in [5.41, 5.74) is 3.35. The fraction of sp³-hybridized carbons (Fsp3) is 0.0526. The molecule has 30 heavy (non-hydrogen) atoms. The smallest absolute Gasteiger partial charge is 0.283 e. The number of nitrogens with zero attached hydrogens (tertiary/aromatic N) is 3. The molecule has 0 bridgehead atoms. The third kappa shape index (κ3) is 4.70. The monoisotopic (exact) mass is 442 g/mol. The van der Waals surface area contributed by atoms with E-state index in [4.69, 9.17) is 12.2 Å². The second-order valence-corrected chi connectivity index (χ2v) is 7.82. The minimum absolute atomic E-state index is 0.0836. The number of nitro benzene ring substituents is 2. The lowest BCUT2D eigenvalue weighted by atomic mass is 10.1. The summed E-state index contributed by atoms with van der Waals surface area (Å²) in [5.74, 6) is -0.474. The zero-order chi connectivity index (χ0) is 21.8. The van der Waals surface area contributed by atoms with Crippen LogP contribution in [0.25, 0.3) is 6.08 Å². The van der Waals surface area contributed by atoms with Gasteiger partial charge < -0.3 is 0 Å². The van der Waals surface area contributed by atoms with Crippen molar-refractivity contribution < 1.29 is 14.6 Å². The van der Waals surface area contributed by atoms with Crippen molar-refractivity contribution in [1.82, 2.24) is 5.01 Å². The molecule has 1 N–H and O–H groups in total. The number of carbonyl (C=O) groups is 1. The highest BCUT2D eigenvalue weighted by atomic mass is 32.2. The van der Waals surface area contributed by atoms with Crippen LogP contribution in [-0.4, -0.2) is 25.1 Å². The van der Waals surface area contributed by atoms with Crippen molar-refractivity contribution in [3.8, 4) is 0 Å². The van der Waals surface area contributed by atoms with Gasteiger partial charge in [0, 0.05) is 6.07 Å². The Kier molecular flexibility index (Phi) is 6.23. The molecule has 2 aromatic rings. The molecule has 0 saturated carbocycles. The zero-order valence-electron chi connectivity index (χ0n) is 15.5. The lowest BCUT2D eigenvalue weighted by molar-refractivity contribution is -0.393. The standard InChI is InChI=1S/C19H14N4O5S2/c1-12(9-13-5-3-2-4-6-13)10-17-18(24)21(19(29)30-17)20-15-8-7-14(22(25)26)11-16(15)23(27)28/h2-11,20H,1H3. The second-order valence-electron chi connectivity index (χ2n) is 6.14. The van der Waals surface area contributed by atoms with E-state index in [0.29, 0.717) is 4.91 Å². The number of benzene rings is 2. The van der Waals surface area contributed by atoms with E-state index in [1.54, 1.807) is 6.08 Å². The van der Waals surface area contributed by atoms with Gasteiger partial charge in [-0.1, -0.05) is 48.2 Å². The summed E-state index contributed by atoms with van der Waals surface area (Å²) in [6.45, 7) is 1.84. The Morgan fingerprint density at radius 1 is 1.13 bits per heavy atom. The van der Waals surface area contributed by atoms with E-state index in [9.17, 15) is 25.0 Å². The number of hydrazine groups is 1. The van der Waals surface area contributed by atoms with Crippen LogP contribution in [0.3, 0.4) is 0 Å². The number of nitro groups is 2. The number of amides is 1. The van der Waals surface area contributed by atoms with E-state index >= 15 is 0 Å². The fourth-order valence-electron chi connectivity index (χ4n) is 2.62. The summed E-state index contributed by atoms with van der Waals surface area (Å²) < 4.78 is 0.159. The van der Waals surface area contributed by atoms with Gasteiger partial charge in [-0.05, 0) is 42.4 Å². The Morgan fingerprint density at radius 2 is 1.83 bits per heavy atom. The Hall–Kier alpha value is -3.57. The quantitative estimate of drug-likeness (QED) is 0.296. The second kappa shape index (κ2) is 8.84. The Balaban J connectivity index is 1.84. The van der Waals surface area contributed by atoms with Crippen molar-refractivity contribution in [2.24, 2.45) is 0 Å². The molecule has 11 heteroatoms. The number of anilines is 1. The van der Waals surface area contributed by atoms with Crippen LogP contribution in [0.4, 0.5) is 17.1 Å². The molecule has 1 heterocycles. The van der Waals surface area contributed by atoms with Crippen LogP contribution in [0.1, 0.15) is 12.5 Å². The van der Waals surface area contributed by atoms with Gasteiger partial charge in [-0.15, -0.1) is 0 Å². The minimum atomic E-state index is -0.768. The molecular formula is C19H14N4O5S2. The molecule has 0 atom stereocenters. The molecule has 3 rings (SSSR count). The van der Waals surface area contributed by atoms with Crippen LogP contribution < -0.4 is 5.43 Å². The Bertz CT molecular complexity index is 1120. The number of non-ortho nitro benzene ring substituents is 1. The highest BCUT2D eigenvalue weighted by molar-refractivity contribution is 8.26. The maximum atomic E-state index is 12.7. The number of hydrogen-bond donors (Lipinski definition) is 1. The molecule has 1 aliphatic heterocycles. The summed E-state index contributed by atoms with van der Waals surface area (Å²) >= 11 is 6.27. The molecule has 152 valence electrons. The lowest BCUT2D eigenvalue weighted by Crippen LogP contribution is -2.34. The third-order valence-corrected chi connectivity index (χ3v) is 5.27. The van der Waals surface area contributed by atoms with Crippen molar-refractivity contribution in [1.29, 1.82) is 0 Å². The van der Waals surface area contributed by atoms with Gasteiger partial charge in [-0.2, -0.15) is 0 Å². The summed E-state index contributed by atoms with van der Waals surface area (Å²) in [4.78, 5) is 33.8. The van der Waals surface area contributed by atoms with E-state index in [0.717, 1.165) is 40.0 Å². The molecule has 1 fully saturated rings. The molecule has 2 aromatic carbocycles. The fourth-order valence-corrected chi connectivity index (χ4v) is 3.85. The largest absolute Gasteiger partial charge is 0.300 e. The van der Waals surface area contributed by atoms with E-state index in [1.165, 1.54) is 6.07 Å². The summed E-state index contributed by atoms with van der Waals surface area (Å²) in [6.07, 6.45) is 3.58. The molecular weight excluding hydrogens is 428 g/mol. The normalized spacial score (nSPS) is 15.6. The Morgan fingerprint density at radius 3 is 2.47 bits per heavy atom. The van der Waals surface area contributed by atoms with E-state index in [2.05, 4.69) is 5.43 Å². The number of hydrogen-bond acceptors (Lipinski definition) is 8. The van der Waals surface area contributed by atoms with Crippen LogP contribution in [0.15, 0.2) is 65.1 Å². The molecule has 1 saturated heterocycles. The number of allylic oxidation sites excluding steroid dienone is 2. The average Bonchev–Trinajstić information content (AvgIpc) is 2.96. The minimum Gasteiger partial charge on any atom is -0.283 e. The number of rotatable bonds is 6. The van der Waals surface area contributed by atoms with E-state index in [-0.39, 0.29) is 10.0 Å². The van der Waals surface area contributed by atoms with Crippen LogP contribution in [0.2, 0.25) is 0 Å². The molecule has 1 aliphatic rings. The first-order chi connectivity index (χ1) is 14.3. The van der Waals surface area contributed by atoms with Crippen molar-refractivity contribution in [3.63, 3.8) is 0 Å². The van der Waals surface area contributed by atoms with Gasteiger partial charge in [0.2, 0.25) is 0 Å². The first-order valence-electron chi connectivity index (χ1n) is 8.47. The molecule has 0 unspecified atom stereocenters. The Labute approximate surface area is 180 Å². The SMILES string of the molecule is CC(=Cc1ccccc1)C=C1SC(=S)N(Nc2ccc([N+](=O)[O-])cc2[N+](=O)[O-])C1=O. The lowest BCUT2D eigenvalue weighted by Gasteiger charge is -2.16. The maximum Gasteiger partial charge on any atom is 0.300 e. The number of carbonyl (C=O) groups excluding carboxylic acids is 1. The molecule has 0 spiro atoms. The first-order valence-corrected chi connectivity index (χ1v) is 9.69. The molecule has 0 radical (unpaired) electrons. The highest BCUT2D eigenvalue weighted by Crippen LogP contribution is 2.35. The predicted molar refractivity (Wildman–Crippen MR) is 119 cm³/mol. The molecule has 0 aliphatic carbocycles. The number of thiocarbonyl (C=S) groups is 1. The number of thioether (sulfide) groups is 1. The third-order valence-electron chi connectivity index (χ3n) is 3.97. The first kappa shape index (κ1) is 21.1. The van der Waals surface area contributed by atoms with Gasteiger partial charge in [0.15, 0.2) is 4.32 Å². The summed E-state index contributed by atoms with van der Waals surface area (Å²) in [7, 11) is 0. The van der Waals surface area contributed by atoms with Crippen molar-refractivity contribution in [2.75, 3.05) is 5.43 Å². The highest BCUT2D eigenvalue weighted by Gasteiger charge is 2.34. The van der Waals surface area contributed by atoms with Gasteiger partial charge in [0.25, 0.3) is 11.6 Å². The number of nitrogens with one attached hydrogen (secondary N) is 1. The van der Waals surface area contributed by atoms with Gasteiger partial charge in [-0.25, -0.2) is 5.01 Å². The van der Waals surface area contributed by atoms with Crippen LogP contribution in [0.5, 0.6) is 0 Å². The zero-order valence-corrected chi connectivity index (χ0v) is 17.1. The van der Waals surface area contributed by atoms with Crippen LogP contribution in [0, 0.1) is 20.2 Å². The van der Waals surface area contributed by atoms with Crippen molar-refractivity contribution in [3.05, 3.63) is 90.9 Å². The van der Waals surface area contributed by atoms with E-state index < -0.39 is 27.1 Å². The van der Waals surface area contributed by atoms with Crippen LogP contribution in [-0.2, 0) is 4.79 Å². The average molecular weight is 442 g/mol. The molecule has 1 amide bonds. The maximum absolute atomic E-state index is 12.7. The van der Waals surface area contributed by atoms with E-state index in [1.807, 2.05) is 43.3 Å². The molecule has 0 aromatic heterocycles. The predicted octanol–water partition coefficient (Wildman–Crippen LogP) is 4.68.